The van der Waals surface area contributed by atoms with Crippen LogP contribution >= 0.6 is 15.6 Å². The molecule has 0 aromatic heterocycles. The van der Waals surface area contributed by atoms with Gasteiger partial charge in [0, 0.05) is 25.7 Å². The van der Waals surface area contributed by atoms with Crippen LogP contribution in [0.15, 0.2) is 0 Å². The summed E-state index contributed by atoms with van der Waals surface area (Å²) in [7, 11) is -9.91. The Hall–Kier alpha value is -1.94. The molecule has 0 spiro atoms. The second-order valence-corrected chi connectivity index (χ2v) is 30.0. The molecule has 3 N–H and O–H groups in total. The van der Waals surface area contributed by atoms with Gasteiger partial charge in [-0.1, -0.05) is 324 Å². The maximum atomic E-state index is 13.1. The van der Waals surface area contributed by atoms with Gasteiger partial charge in [-0.15, -0.1) is 0 Å². The number of phosphoric acid groups is 2. The van der Waals surface area contributed by atoms with E-state index in [0.717, 1.165) is 102 Å². The minimum atomic E-state index is -4.95. The van der Waals surface area contributed by atoms with Crippen LogP contribution in [0.25, 0.3) is 0 Å². The van der Waals surface area contributed by atoms with Gasteiger partial charge in [0.25, 0.3) is 0 Å². The summed E-state index contributed by atoms with van der Waals surface area (Å²) in [5.74, 6) is -0.578. The van der Waals surface area contributed by atoms with Gasteiger partial charge in [0.1, 0.15) is 19.3 Å². The first-order chi connectivity index (χ1) is 44.4. The van der Waals surface area contributed by atoms with E-state index >= 15 is 0 Å². The molecule has 3 unspecified atom stereocenters. The highest BCUT2D eigenvalue weighted by atomic mass is 31.2. The molecule has 0 fully saturated rings. The van der Waals surface area contributed by atoms with Crippen LogP contribution in [0.3, 0.4) is 0 Å². The Kier molecular flexibility index (Phi) is 63.7. The van der Waals surface area contributed by atoms with E-state index in [4.69, 9.17) is 37.0 Å². The molecule has 92 heavy (non-hydrogen) atoms. The van der Waals surface area contributed by atoms with Gasteiger partial charge in [-0.3, -0.25) is 37.3 Å². The third kappa shape index (κ3) is 65.4. The number of esters is 4. The van der Waals surface area contributed by atoms with E-state index < -0.39 is 97.5 Å². The molecule has 19 heteroatoms. The van der Waals surface area contributed by atoms with E-state index in [0.29, 0.717) is 25.7 Å². The van der Waals surface area contributed by atoms with Crippen molar-refractivity contribution < 1.29 is 80.2 Å². The standard InChI is InChI=1S/C73H142O17P2/c1-7-10-12-14-16-18-20-21-22-23-27-32-39-45-51-57-72(77)89-68(61-84-71(76)56-50-44-38-31-28-24-26-29-35-41-47-53-65(4)5)63-87-91(79,80)85-59-67(74)60-86-92(81,82)88-64-69(62-83-70(75)55-49-43-37-30-25-19-17-15-13-11-8-2)90-73(78)58-52-46-40-34-33-36-42-48-54-66(6)9-3/h65-69,74H,7-64H2,1-6H3,(H,79,80)(H,81,82)/t66?,67-,68-,69-/m1/s1. The lowest BCUT2D eigenvalue weighted by atomic mass is 9.99. The van der Waals surface area contributed by atoms with Gasteiger partial charge >= 0.3 is 39.5 Å². The first kappa shape index (κ1) is 90.1. The lowest BCUT2D eigenvalue weighted by molar-refractivity contribution is -0.161. The number of carbonyl (C=O) groups is 4. The van der Waals surface area contributed by atoms with E-state index in [1.807, 2.05) is 0 Å². The zero-order valence-electron chi connectivity index (χ0n) is 59.9. The van der Waals surface area contributed by atoms with Crippen molar-refractivity contribution >= 4 is 39.5 Å². The van der Waals surface area contributed by atoms with Gasteiger partial charge in [0.15, 0.2) is 12.2 Å². The van der Waals surface area contributed by atoms with Gasteiger partial charge in [0.2, 0.25) is 0 Å². The molecule has 0 aliphatic rings. The Bertz CT molecular complexity index is 1790. The second-order valence-electron chi connectivity index (χ2n) is 27.1. The minimum Gasteiger partial charge on any atom is -0.462 e. The Morgan fingerprint density at radius 2 is 0.554 bits per heavy atom. The fourth-order valence-corrected chi connectivity index (χ4v) is 12.7. The molecule has 0 bridgehead atoms. The highest BCUT2D eigenvalue weighted by Gasteiger charge is 2.30. The number of hydrogen-bond acceptors (Lipinski definition) is 15. The van der Waals surface area contributed by atoms with Crippen molar-refractivity contribution in [2.75, 3.05) is 39.6 Å². The van der Waals surface area contributed by atoms with Gasteiger partial charge in [0.05, 0.1) is 26.4 Å². The lowest BCUT2D eigenvalue weighted by Crippen LogP contribution is -2.30. The zero-order valence-corrected chi connectivity index (χ0v) is 61.6. The fourth-order valence-electron chi connectivity index (χ4n) is 11.1. The maximum Gasteiger partial charge on any atom is 0.472 e. The molecule has 0 saturated heterocycles. The van der Waals surface area contributed by atoms with Gasteiger partial charge < -0.3 is 33.8 Å². The predicted molar refractivity (Wildman–Crippen MR) is 372 cm³/mol. The predicted octanol–water partition coefficient (Wildman–Crippen LogP) is 21.2. The number of ether oxygens (including phenoxy) is 4. The van der Waals surface area contributed by atoms with Crippen LogP contribution in [0.4, 0.5) is 0 Å². The summed E-state index contributed by atoms with van der Waals surface area (Å²) in [6.07, 6.45) is 51.1. The van der Waals surface area contributed by atoms with E-state index in [-0.39, 0.29) is 25.7 Å². The van der Waals surface area contributed by atoms with Crippen LogP contribution in [0.5, 0.6) is 0 Å². The number of aliphatic hydroxyl groups excluding tert-OH is 1. The molecule has 0 rings (SSSR count). The molecule has 6 atom stereocenters. The molecule has 0 radical (unpaired) electrons. The summed E-state index contributed by atoms with van der Waals surface area (Å²) in [5, 5.41) is 10.6. The normalized spacial score (nSPS) is 14.4. The highest BCUT2D eigenvalue weighted by Crippen LogP contribution is 2.45. The summed E-state index contributed by atoms with van der Waals surface area (Å²) in [6, 6.07) is 0. The lowest BCUT2D eigenvalue weighted by Gasteiger charge is -2.21. The molecule has 0 amide bonds. The maximum absolute atomic E-state index is 13.1. The van der Waals surface area contributed by atoms with Crippen LogP contribution in [0.2, 0.25) is 0 Å². The monoisotopic (exact) mass is 1350 g/mol. The summed E-state index contributed by atoms with van der Waals surface area (Å²) < 4.78 is 68.4. The summed E-state index contributed by atoms with van der Waals surface area (Å²) >= 11 is 0. The number of phosphoric ester groups is 2. The molecule has 17 nitrogen and oxygen atoms in total. The molecule has 0 aliphatic heterocycles. The van der Waals surface area contributed by atoms with Crippen molar-refractivity contribution in [3.8, 4) is 0 Å². The Balaban J connectivity index is 5.26. The molecule has 0 saturated carbocycles. The first-order valence-corrected chi connectivity index (χ1v) is 41.0. The Labute approximate surface area is 562 Å². The zero-order chi connectivity index (χ0) is 67.9. The third-order valence-electron chi connectivity index (χ3n) is 17.3. The van der Waals surface area contributed by atoms with Gasteiger partial charge in [-0.05, 0) is 37.5 Å². The number of carbonyl (C=O) groups excluding carboxylic acids is 4. The number of aliphatic hydroxyl groups is 1. The molecule has 0 aromatic rings. The van der Waals surface area contributed by atoms with Crippen LogP contribution in [0, 0.1) is 11.8 Å². The second kappa shape index (κ2) is 65.0. The first-order valence-electron chi connectivity index (χ1n) is 38.0. The van der Waals surface area contributed by atoms with Crippen LogP contribution in [0.1, 0.15) is 375 Å². The molecule has 0 heterocycles. The fraction of sp³-hybridized carbons (Fsp3) is 0.945. The number of hydrogen-bond donors (Lipinski definition) is 3. The summed E-state index contributed by atoms with van der Waals surface area (Å²) in [4.78, 5) is 72.7. The van der Waals surface area contributed by atoms with Gasteiger partial charge in [-0.25, -0.2) is 9.13 Å². The van der Waals surface area contributed by atoms with Crippen molar-refractivity contribution in [2.24, 2.45) is 11.8 Å². The summed E-state index contributed by atoms with van der Waals surface area (Å²) in [5.41, 5.74) is 0. The van der Waals surface area contributed by atoms with Crippen LogP contribution in [-0.4, -0.2) is 96.7 Å². The van der Waals surface area contributed by atoms with Crippen LogP contribution in [-0.2, 0) is 65.4 Å². The molecule has 0 aliphatic carbocycles. The van der Waals surface area contributed by atoms with E-state index in [9.17, 15) is 43.2 Å². The van der Waals surface area contributed by atoms with Crippen molar-refractivity contribution in [2.45, 2.75) is 394 Å². The largest absolute Gasteiger partial charge is 0.472 e. The highest BCUT2D eigenvalue weighted by molar-refractivity contribution is 7.47. The topological polar surface area (TPSA) is 237 Å². The number of rotatable bonds is 72. The molecular formula is C73H142O17P2. The van der Waals surface area contributed by atoms with Crippen molar-refractivity contribution in [1.82, 2.24) is 0 Å². The summed E-state index contributed by atoms with van der Waals surface area (Å²) in [6.45, 7) is 9.58. The van der Waals surface area contributed by atoms with E-state index in [1.54, 1.807) is 0 Å². The van der Waals surface area contributed by atoms with Gasteiger partial charge in [-0.2, -0.15) is 0 Å². The Morgan fingerprint density at radius 3 is 0.826 bits per heavy atom. The van der Waals surface area contributed by atoms with E-state index in [1.165, 1.54) is 193 Å². The quantitative estimate of drug-likeness (QED) is 0.0222. The average molecular weight is 1350 g/mol. The van der Waals surface area contributed by atoms with Crippen molar-refractivity contribution in [3.63, 3.8) is 0 Å². The van der Waals surface area contributed by atoms with Crippen LogP contribution < -0.4 is 0 Å². The molecule has 546 valence electrons. The molecule has 0 aromatic carbocycles. The molecular weight excluding hydrogens is 1210 g/mol. The Morgan fingerprint density at radius 1 is 0.315 bits per heavy atom. The SMILES string of the molecule is CCCCCCCCCCCCCCCCCC(=O)O[C@H](COC(=O)CCCCCCCCCCCCCC(C)C)COP(=O)(O)OC[C@@H](O)COP(=O)(O)OC[C@@H](COC(=O)CCCCCCCCCCCCC)OC(=O)CCCCCCCCCCC(C)CC. The smallest absolute Gasteiger partial charge is 0.462 e. The van der Waals surface area contributed by atoms with E-state index in [2.05, 4.69) is 41.5 Å². The number of unbranched alkanes of at least 4 members (excludes halogenated alkanes) is 41. The van der Waals surface area contributed by atoms with Crippen molar-refractivity contribution in [3.05, 3.63) is 0 Å². The minimum absolute atomic E-state index is 0.105. The average Bonchev–Trinajstić information content (AvgIpc) is 2.22. The van der Waals surface area contributed by atoms with Crippen molar-refractivity contribution in [1.29, 1.82) is 0 Å². The third-order valence-corrected chi connectivity index (χ3v) is 19.2.